The minimum Gasteiger partial charge on any atom is -0.456 e. The van der Waals surface area contributed by atoms with Crippen molar-refractivity contribution in [3.8, 4) is 11.1 Å². The van der Waals surface area contributed by atoms with Gasteiger partial charge in [0, 0.05) is 55.7 Å². The van der Waals surface area contributed by atoms with Crippen molar-refractivity contribution >= 4 is 122 Å². The number of benzene rings is 11. The van der Waals surface area contributed by atoms with E-state index in [-0.39, 0.29) is 6.71 Å². The van der Waals surface area contributed by atoms with Crippen molar-refractivity contribution in [2.24, 2.45) is 0 Å². The maximum absolute atomic E-state index is 6.53. The van der Waals surface area contributed by atoms with Crippen LogP contribution in [0.1, 0.15) is 0 Å². The highest BCUT2D eigenvalue weighted by Crippen LogP contribution is 2.50. The second-order valence-corrected chi connectivity index (χ2v) is 16.8. The summed E-state index contributed by atoms with van der Waals surface area (Å²) >= 11 is 0. The monoisotopic (exact) mass is 786 g/mol. The SMILES string of the molecule is c1ccc(N2c3cc(-c4ccc5c(c4)oc4ccccc45)cc4c3B(c3ccc5c(ccc6ccccc65)c32)c2ccc3c(ccc5ccccc53)c2N4c2ccccc2)cc1. The van der Waals surface area contributed by atoms with Crippen LogP contribution in [0.25, 0.3) is 76.2 Å². The molecule has 0 saturated heterocycles. The van der Waals surface area contributed by atoms with E-state index < -0.39 is 0 Å². The Morgan fingerprint density at radius 1 is 0.323 bits per heavy atom. The summed E-state index contributed by atoms with van der Waals surface area (Å²) in [6, 6.07) is 78.3. The highest BCUT2D eigenvalue weighted by Gasteiger charge is 2.45. The number of anilines is 6. The Kier molecular flexibility index (Phi) is 6.92. The summed E-state index contributed by atoms with van der Waals surface area (Å²) in [6.07, 6.45) is 0. The molecule has 2 aliphatic rings. The third-order valence-electron chi connectivity index (χ3n) is 13.6. The van der Waals surface area contributed by atoms with Crippen molar-refractivity contribution in [2.45, 2.75) is 0 Å². The quantitative estimate of drug-likeness (QED) is 0.131. The van der Waals surface area contributed by atoms with Crippen LogP contribution < -0.4 is 26.2 Å². The molecule has 3 heterocycles. The van der Waals surface area contributed by atoms with E-state index in [4.69, 9.17) is 4.42 Å². The second kappa shape index (κ2) is 12.7. The van der Waals surface area contributed by atoms with E-state index in [1.54, 1.807) is 0 Å². The first-order valence-corrected chi connectivity index (χ1v) is 21.5. The van der Waals surface area contributed by atoms with Gasteiger partial charge in [-0.25, -0.2) is 0 Å². The van der Waals surface area contributed by atoms with Gasteiger partial charge in [0.1, 0.15) is 11.2 Å². The lowest BCUT2D eigenvalue weighted by molar-refractivity contribution is 0.669. The van der Waals surface area contributed by atoms with Crippen LogP contribution in [-0.4, -0.2) is 6.71 Å². The maximum Gasteiger partial charge on any atom is 0.252 e. The number of para-hydroxylation sites is 3. The second-order valence-electron chi connectivity index (χ2n) is 16.8. The molecule has 0 spiro atoms. The molecule has 0 bridgehead atoms. The fourth-order valence-electron chi connectivity index (χ4n) is 10.9. The van der Waals surface area contributed by atoms with Crippen molar-refractivity contribution in [1.29, 1.82) is 0 Å². The maximum atomic E-state index is 6.53. The van der Waals surface area contributed by atoms with Gasteiger partial charge in [-0.15, -0.1) is 0 Å². The Labute approximate surface area is 358 Å². The summed E-state index contributed by atoms with van der Waals surface area (Å²) in [5.41, 5.74) is 15.0. The average Bonchev–Trinajstić information content (AvgIpc) is 3.72. The lowest BCUT2D eigenvalue weighted by Crippen LogP contribution is -2.61. The van der Waals surface area contributed by atoms with Gasteiger partial charge in [-0.1, -0.05) is 158 Å². The van der Waals surface area contributed by atoms with E-state index in [9.17, 15) is 0 Å². The van der Waals surface area contributed by atoms with Gasteiger partial charge in [-0.3, -0.25) is 0 Å². The predicted octanol–water partition coefficient (Wildman–Crippen LogP) is 13.9. The van der Waals surface area contributed by atoms with E-state index >= 15 is 0 Å². The van der Waals surface area contributed by atoms with Crippen LogP contribution in [0.3, 0.4) is 0 Å². The Morgan fingerprint density at radius 2 is 0.790 bits per heavy atom. The van der Waals surface area contributed by atoms with E-state index in [2.05, 4.69) is 216 Å². The normalized spacial score (nSPS) is 13.1. The molecule has 0 atom stereocenters. The van der Waals surface area contributed by atoms with Crippen LogP contribution in [0.15, 0.2) is 217 Å². The van der Waals surface area contributed by atoms with Crippen molar-refractivity contribution in [3.63, 3.8) is 0 Å². The zero-order valence-corrected chi connectivity index (χ0v) is 33.6. The molecule has 0 radical (unpaired) electrons. The summed E-state index contributed by atoms with van der Waals surface area (Å²) in [4.78, 5) is 5.10. The van der Waals surface area contributed by atoms with Crippen LogP contribution in [0.4, 0.5) is 34.1 Å². The smallest absolute Gasteiger partial charge is 0.252 e. The Balaban J connectivity index is 1.15. The van der Waals surface area contributed by atoms with Gasteiger partial charge in [0.25, 0.3) is 6.71 Å². The molecule has 12 aromatic rings. The molecule has 3 nitrogen and oxygen atoms in total. The van der Waals surface area contributed by atoms with Gasteiger partial charge >= 0.3 is 0 Å². The standard InChI is InChI=1S/C58H35BN2O/c1-3-15-40(16-4-1)60-52-33-39(38-25-26-47-46-21-11-12-22-54(46)62-55(47)35-38)34-53-56(52)59(50-31-29-44-42-19-9-7-13-36(42)23-27-48(44)57(50)60)51-32-30-45-43-20-10-8-14-37(43)24-28-49(45)58(51)61(53)41-17-5-2-6-18-41/h1-35H. The molecule has 0 fully saturated rings. The first-order chi connectivity index (χ1) is 30.8. The summed E-state index contributed by atoms with van der Waals surface area (Å²) in [5, 5.41) is 12.3. The predicted molar refractivity (Wildman–Crippen MR) is 263 cm³/mol. The first-order valence-electron chi connectivity index (χ1n) is 21.5. The lowest BCUT2D eigenvalue weighted by Gasteiger charge is -2.45. The van der Waals surface area contributed by atoms with Crippen LogP contribution in [-0.2, 0) is 0 Å². The van der Waals surface area contributed by atoms with Crippen molar-refractivity contribution in [3.05, 3.63) is 212 Å². The third-order valence-corrected chi connectivity index (χ3v) is 13.6. The zero-order chi connectivity index (χ0) is 40.5. The fourth-order valence-corrected chi connectivity index (χ4v) is 10.9. The summed E-state index contributed by atoms with van der Waals surface area (Å²) in [6.45, 7) is -0.0384. The number of fused-ring (bicyclic) bond motifs is 15. The average molecular weight is 787 g/mol. The molecule has 0 unspecified atom stereocenters. The number of hydrogen-bond acceptors (Lipinski definition) is 3. The van der Waals surface area contributed by atoms with E-state index in [1.165, 1.54) is 82.2 Å². The van der Waals surface area contributed by atoms with Crippen LogP contribution >= 0.6 is 0 Å². The molecule has 62 heavy (non-hydrogen) atoms. The number of nitrogens with zero attached hydrogens (tertiary/aromatic N) is 2. The minimum atomic E-state index is -0.0384. The molecule has 0 aliphatic carbocycles. The number of hydrogen-bond donors (Lipinski definition) is 0. The largest absolute Gasteiger partial charge is 0.456 e. The summed E-state index contributed by atoms with van der Waals surface area (Å²) < 4.78 is 6.53. The third kappa shape index (κ3) is 4.66. The van der Waals surface area contributed by atoms with Gasteiger partial charge in [0.2, 0.25) is 0 Å². The fraction of sp³-hybridized carbons (Fsp3) is 0. The Hall–Kier alpha value is -8.08. The lowest BCUT2D eigenvalue weighted by atomic mass is 9.33. The van der Waals surface area contributed by atoms with Gasteiger partial charge in [-0.05, 0) is 114 Å². The molecule has 286 valence electrons. The Bertz CT molecular complexity index is 3650. The van der Waals surface area contributed by atoms with Crippen LogP contribution in [0.2, 0.25) is 0 Å². The summed E-state index contributed by atoms with van der Waals surface area (Å²) in [7, 11) is 0. The highest BCUT2D eigenvalue weighted by atomic mass is 16.3. The molecule has 11 aromatic carbocycles. The van der Waals surface area contributed by atoms with Gasteiger partial charge in [-0.2, -0.15) is 0 Å². The number of furan rings is 1. The number of rotatable bonds is 3. The van der Waals surface area contributed by atoms with E-state index in [0.717, 1.165) is 44.4 Å². The molecule has 14 rings (SSSR count). The Morgan fingerprint density at radius 3 is 1.37 bits per heavy atom. The first kappa shape index (κ1) is 33.7. The highest BCUT2D eigenvalue weighted by molar-refractivity contribution is 7.00. The zero-order valence-electron chi connectivity index (χ0n) is 33.6. The van der Waals surface area contributed by atoms with E-state index in [0.29, 0.717) is 0 Å². The van der Waals surface area contributed by atoms with Gasteiger partial charge in [0.05, 0.1) is 0 Å². The van der Waals surface area contributed by atoms with Gasteiger partial charge in [0.15, 0.2) is 0 Å². The molecule has 1 aromatic heterocycles. The van der Waals surface area contributed by atoms with Crippen LogP contribution in [0.5, 0.6) is 0 Å². The summed E-state index contributed by atoms with van der Waals surface area (Å²) in [5.74, 6) is 0. The van der Waals surface area contributed by atoms with E-state index in [1.807, 2.05) is 6.07 Å². The van der Waals surface area contributed by atoms with Gasteiger partial charge < -0.3 is 14.2 Å². The van der Waals surface area contributed by atoms with Crippen LogP contribution in [0, 0.1) is 0 Å². The van der Waals surface area contributed by atoms with Crippen molar-refractivity contribution in [2.75, 3.05) is 9.80 Å². The molecule has 0 N–H and O–H groups in total. The molecule has 4 heteroatoms. The van der Waals surface area contributed by atoms with Crippen molar-refractivity contribution in [1.82, 2.24) is 0 Å². The molecular weight excluding hydrogens is 751 g/mol. The molecule has 2 aliphatic heterocycles. The van der Waals surface area contributed by atoms with Crippen molar-refractivity contribution < 1.29 is 4.42 Å². The molecule has 0 saturated carbocycles. The minimum absolute atomic E-state index is 0.0384. The molecular formula is C58H35BN2O. The molecule has 0 amide bonds. The topological polar surface area (TPSA) is 19.6 Å².